The van der Waals surface area contributed by atoms with E-state index in [2.05, 4.69) is 0 Å². The summed E-state index contributed by atoms with van der Waals surface area (Å²) >= 11 is 0. The molecule has 0 rings (SSSR count). The van der Waals surface area contributed by atoms with Crippen LogP contribution in [0.5, 0.6) is 0 Å². The number of amides is 1. The van der Waals surface area contributed by atoms with Gasteiger partial charge in [-0.25, -0.2) is 0 Å². The molecule has 0 saturated heterocycles. The second kappa shape index (κ2) is 5.22. The Kier molecular flexibility index (Phi) is 4.99. The Morgan fingerprint density at radius 1 is 1.23 bits per heavy atom. The molecule has 0 aliphatic carbocycles. The first kappa shape index (κ1) is 12.4. The van der Waals surface area contributed by atoms with Crippen LogP contribution in [0.25, 0.3) is 0 Å². The highest BCUT2D eigenvalue weighted by Crippen LogP contribution is 2.06. The second-order valence-corrected chi connectivity index (χ2v) is 3.97. The Morgan fingerprint density at radius 2 is 1.69 bits per heavy atom. The monoisotopic (exact) mass is 187 g/mol. The van der Waals surface area contributed by atoms with Gasteiger partial charge in [0.05, 0.1) is 5.60 Å². The van der Waals surface area contributed by atoms with Gasteiger partial charge >= 0.3 is 0 Å². The van der Waals surface area contributed by atoms with Crippen molar-refractivity contribution in [1.29, 1.82) is 0 Å². The Bertz CT molecular complexity index is 157. The van der Waals surface area contributed by atoms with E-state index >= 15 is 0 Å². The van der Waals surface area contributed by atoms with E-state index < -0.39 is 0 Å². The van der Waals surface area contributed by atoms with Crippen molar-refractivity contribution in [3.05, 3.63) is 0 Å². The summed E-state index contributed by atoms with van der Waals surface area (Å²) in [6, 6.07) is 0. The maximum absolute atomic E-state index is 11.5. The van der Waals surface area contributed by atoms with Crippen LogP contribution >= 0.6 is 0 Å². The summed E-state index contributed by atoms with van der Waals surface area (Å²) in [4.78, 5) is 13.2. The van der Waals surface area contributed by atoms with E-state index in [4.69, 9.17) is 4.74 Å². The molecule has 0 aromatic rings. The molecule has 78 valence electrons. The fourth-order valence-corrected chi connectivity index (χ4v) is 0.946. The number of ether oxygens (including phenoxy) is 1. The largest absolute Gasteiger partial charge is 0.366 e. The third-order valence-corrected chi connectivity index (χ3v) is 1.74. The maximum Gasteiger partial charge on any atom is 0.248 e. The van der Waals surface area contributed by atoms with Crippen molar-refractivity contribution in [1.82, 2.24) is 4.90 Å². The molecule has 0 fully saturated rings. The van der Waals surface area contributed by atoms with E-state index in [9.17, 15) is 4.79 Å². The van der Waals surface area contributed by atoms with Crippen LogP contribution in [0.1, 0.15) is 34.6 Å². The topological polar surface area (TPSA) is 29.5 Å². The van der Waals surface area contributed by atoms with E-state index in [1.54, 1.807) is 4.90 Å². The summed E-state index contributed by atoms with van der Waals surface area (Å²) in [5, 5.41) is 0. The smallest absolute Gasteiger partial charge is 0.248 e. The quantitative estimate of drug-likeness (QED) is 0.670. The molecule has 3 heteroatoms. The molecule has 13 heavy (non-hydrogen) atoms. The standard InChI is InChI=1S/C10H21NO2/c1-6-11(7-2)9(12)8-13-10(3,4)5/h6-8H2,1-5H3. The molecule has 0 heterocycles. The molecule has 0 aromatic heterocycles. The van der Waals surface area contributed by atoms with E-state index in [1.165, 1.54) is 0 Å². The highest BCUT2D eigenvalue weighted by molar-refractivity contribution is 5.77. The van der Waals surface area contributed by atoms with Crippen molar-refractivity contribution in [2.75, 3.05) is 19.7 Å². The lowest BCUT2D eigenvalue weighted by atomic mass is 10.2. The number of hydrogen-bond donors (Lipinski definition) is 0. The van der Waals surface area contributed by atoms with Gasteiger partial charge < -0.3 is 9.64 Å². The van der Waals surface area contributed by atoms with E-state index in [0.717, 1.165) is 13.1 Å². The number of carbonyl (C=O) groups is 1. The molecule has 0 aliphatic heterocycles. The molecule has 0 spiro atoms. The van der Waals surface area contributed by atoms with Crippen LogP contribution in [0.2, 0.25) is 0 Å². The first-order valence-electron chi connectivity index (χ1n) is 4.82. The Morgan fingerprint density at radius 3 is 2.00 bits per heavy atom. The fraction of sp³-hybridized carbons (Fsp3) is 0.900. The van der Waals surface area contributed by atoms with Gasteiger partial charge in [0.25, 0.3) is 0 Å². The lowest BCUT2D eigenvalue weighted by molar-refractivity contribution is -0.140. The number of likely N-dealkylation sites (N-methyl/N-ethyl adjacent to an activating group) is 1. The maximum atomic E-state index is 11.5. The van der Waals surface area contributed by atoms with Crippen LogP contribution < -0.4 is 0 Å². The number of nitrogens with zero attached hydrogens (tertiary/aromatic N) is 1. The van der Waals surface area contributed by atoms with Gasteiger partial charge in [0.2, 0.25) is 5.91 Å². The summed E-state index contributed by atoms with van der Waals surface area (Å²) < 4.78 is 5.38. The van der Waals surface area contributed by atoms with Gasteiger partial charge in [-0.05, 0) is 34.6 Å². The summed E-state index contributed by atoms with van der Waals surface area (Å²) in [5.74, 6) is 0.0694. The van der Waals surface area contributed by atoms with Gasteiger partial charge in [0.15, 0.2) is 0 Å². The van der Waals surface area contributed by atoms with Gasteiger partial charge in [-0.1, -0.05) is 0 Å². The summed E-state index contributed by atoms with van der Waals surface area (Å²) in [6.07, 6.45) is 0. The zero-order chi connectivity index (χ0) is 10.5. The van der Waals surface area contributed by atoms with Crippen molar-refractivity contribution >= 4 is 5.91 Å². The van der Waals surface area contributed by atoms with Crippen molar-refractivity contribution < 1.29 is 9.53 Å². The minimum absolute atomic E-state index is 0.0694. The van der Waals surface area contributed by atoms with Crippen molar-refractivity contribution in [3.63, 3.8) is 0 Å². The minimum Gasteiger partial charge on any atom is -0.366 e. The number of hydrogen-bond acceptors (Lipinski definition) is 2. The second-order valence-electron chi connectivity index (χ2n) is 3.97. The number of rotatable bonds is 4. The van der Waals surface area contributed by atoms with Gasteiger partial charge in [0.1, 0.15) is 6.61 Å². The lowest BCUT2D eigenvalue weighted by Crippen LogP contribution is -2.36. The molecule has 0 aliphatic rings. The van der Waals surface area contributed by atoms with Crippen molar-refractivity contribution in [2.24, 2.45) is 0 Å². The molecule has 0 saturated carbocycles. The molecule has 1 amide bonds. The number of carbonyl (C=O) groups excluding carboxylic acids is 1. The summed E-state index contributed by atoms with van der Waals surface area (Å²) in [7, 11) is 0. The lowest BCUT2D eigenvalue weighted by Gasteiger charge is -2.23. The van der Waals surface area contributed by atoms with Gasteiger partial charge in [-0.15, -0.1) is 0 Å². The Hall–Kier alpha value is -0.570. The van der Waals surface area contributed by atoms with Gasteiger partial charge in [0, 0.05) is 13.1 Å². The zero-order valence-electron chi connectivity index (χ0n) is 9.39. The SMILES string of the molecule is CCN(CC)C(=O)COC(C)(C)C. The van der Waals surface area contributed by atoms with Crippen LogP contribution in [0.15, 0.2) is 0 Å². The normalized spacial score (nSPS) is 11.5. The van der Waals surface area contributed by atoms with E-state index in [-0.39, 0.29) is 18.1 Å². The summed E-state index contributed by atoms with van der Waals surface area (Å²) in [6.45, 7) is 11.5. The Balaban J connectivity index is 3.86. The predicted octanol–water partition coefficient (Wildman–Crippen LogP) is 1.67. The van der Waals surface area contributed by atoms with Crippen molar-refractivity contribution in [2.45, 2.75) is 40.2 Å². The molecular formula is C10H21NO2. The third-order valence-electron chi connectivity index (χ3n) is 1.74. The average Bonchev–Trinajstić information content (AvgIpc) is 2.02. The first-order chi connectivity index (χ1) is 5.90. The van der Waals surface area contributed by atoms with Crippen LogP contribution in [-0.2, 0) is 9.53 Å². The van der Waals surface area contributed by atoms with E-state index in [0.29, 0.717) is 0 Å². The molecule has 0 bridgehead atoms. The van der Waals surface area contributed by atoms with Crippen molar-refractivity contribution in [3.8, 4) is 0 Å². The molecule has 0 N–H and O–H groups in total. The minimum atomic E-state index is -0.233. The van der Waals surface area contributed by atoms with Gasteiger partial charge in [-0.2, -0.15) is 0 Å². The van der Waals surface area contributed by atoms with E-state index in [1.807, 2.05) is 34.6 Å². The highest BCUT2D eigenvalue weighted by atomic mass is 16.5. The molecule has 3 nitrogen and oxygen atoms in total. The molecule has 0 radical (unpaired) electrons. The fourth-order valence-electron chi connectivity index (χ4n) is 0.946. The molecular weight excluding hydrogens is 166 g/mol. The Labute approximate surface area is 81.1 Å². The summed E-state index contributed by atoms with van der Waals surface area (Å²) in [5.41, 5.74) is -0.233. The molecule has 0 atom stereocenters. The van der Waals surface area contributed by atoms with Crippen LogP contribution in [-0.4, -0.2) is 36.1 Å². The third kappa shape index (κ3) is 5.64. The van der Waals surface area contributed by atoms with Crippen LogP contribution in [0, 0.1) is 0 Å². The molecule has 0 aromatic carbocycles. The van der Waals surface area contributed by atoms with Crippen LogP contribution in [0.4, 0.5) is 0 Å². The zero-order valence-corrected chi connectivity index (χ0v) is 9.39. The highest BCUT2D eigenvalue weighted by Gasteiger charge is 2.15. The van der Waals surface area contributed by atoms with Gasteiger partial charge in [-0.3, -0.25) is 4.79 Å². The molecule has 0 unspecified atom stereocenters. The van der Waals surface area contributed by atoms with Crippen LogP contribution in [0.3, 0.4) is 0 Å². The first-order valence-corrected chi connectivity index (χ1v) is 4.82. The predicted molar refractivity (Wildman–Crippen MR) is 53.6 cm³/mol. The average molecular weight is 187 g/mol.